The van der Waals surface area contributed by atoms with Gasteiger partial charge in [-0.1, -0.05) is 23.8 Å². The third-order valence-corrected chi connectivity index (χ3v) is 2.08. The second-order valence-electron chi connectivity index (χ2n) is 2.60. The van der Waals surface area contributed by atoms with Crippen molar-refractivity contribution >= 4 is 0 Å². The molecule has 42 valence electrons. The zero-order valence-electron chi connectivity index (χ0n) is 4.93. The molecule has 2 rings (SSSR count). The second kappa shape index (κ2) is 1.48. The minimum absolute atomic E-state index is 0.856. The lowest BCUT2D eigenvalue weighted by molar-refractivity contribution is 0.753. The molecule has 0 aromatic carbocycles. The molecule has 0 radical (unpaired) electrons. The summed E-state index contributed by atoms with van der Waals surface area (Å²) in [6, 6.07) is 0. The standard InChI is InChI=1S/C8H10/c1-3-7-5-2-6-8(7)4-1/h1,3,6-7H,2,4-5H2. The van der Waals surface area contributed by atoms with E-state index in [0.717, 1.165) is 5.92 Å². The van der Waals surface area contributed by atoms with Crippen molar-refractivity contribution < 1.29 is 0 Å². The van der Waals surface area contributed by atoms with Gasteiger partial charge in [0.15, 0.2) is 0 Å². The molecule has 0 spiro atoms. The molecule has 0 aromatic heterocycles. The summed E-state index contributed by atoms with van der Waals surface area (Å²) in [5.41, 5.74) is 1.67. The topological polar surface area (TPSA) is 0 Å². The van der Waals surface area contributed by atoms with E-state index < -0.39 is 0 Å². The van der Waals surface area contributed by atoms with Gasteiger partial charge in [0.25, 0.3) is 0 Å². The molecule has 0 amide bonds. The van der Waals surface area contributed by atoms with Gasteiger partial charge in [0, 0.05) is 0 Å². The third-order valence-electron chi connectivity index (χ3n) is 2.08. The first-order chi connectivity index (χ1) is 3.97. The quantitative estimate of drug-likeness (QED) is 0.415. The van der Waals surface area contributed by atoms with Crippen molar-refractivity contribution in [1.29, 1.82) is 0 Å². The Morgan fingerprint density at radius 2 is 2.50 bits per heavy atom. The lowest BCUT2D eigenvalue weighted by Crippen LogP contribution is -1.85. The summed E-state index contributed by atoms with van der Waals surface area (Å²) in [6.45, 7) is 0. The molecule has 0 bridgehead atoms. The highest BCUT2D eigenvalue weighted by Gasteiger charge is 2.18. The summed E-state index contributed by atoms with van der Waals surface area (Å²) >= 11 is 0. The van der Waals surface area contributed by atoms with Gasteiger partial charge in [-0.3, -0.25) is 0 Å². The summed E-state index contributed by atoms with van der Waals surface area (Å²) in [5, 5.41) is 0. The average molecular weight is 106 g/mol. The van der Waals surface area contributed by atoms with Crippen LogP contribution in [0.25, 0.3) is 0 Å². The van der Waals surface area contributed by atoms with Crippen molar-refractivity contribution in [3.63, 3.8) is 0 Å². The Kier molecular flexibility index (Phi) is 0.806. The predicted molar refractivity (Wildman–Crippen MR) is 34.6 cm³/mol. The van der Waals surface area contributed by atoms with Crippen LogP contribution in [0.3, 0.4) is 0 Å². The highest BCUT2D eigenvalue weighted by molar-refractivity contribution is 5.26. The van der Waals surface area contributed by atoms with Crippen LogP contribution in [0, 0.1) is 5.92 Å². The van der Waals surface area contributed by atoms with Gasteiger partial charge in [0.2, 0.25) is 0 Å². The van der Waals surface area contributed by atoms with E-state index in [-0.39, 0.29) is 0 Å². The zero-order chi connectivity index (χ0) is 5.40. The smallest absolute Gasteiger partial charge is 0.00171 e. The number of fused-ring (bicyclic) bond motifs is 1. The monoisotopic (exact) mass is 106 g/mol. The lowest BCUT2D eigenvalue weighted by atomic mass is 10.1. The zero-order valence-corrected chi connectivity index (χ0v) is 4.93. The molecule has 0 heterocycles. The van der Waals surface area contributed by atoms with Gasteiger partial charge in [0.1, 0.15) is 0 Å². The first-order valence-corrected chi connectivity index (χ1v) is 3.32. The van der Waals surface area contributed by atoms with Gasteiger partial charge in [-0.2, -0.15) is 0 Å². The van der Waals surface area contributed by atoms with Crippen LogP contribution < -0.4 is 0 Å². The van der Waals surface area contributed by atoms with Gasteiger partial charge in [0.05, 0.1) is 0 Å². The van der Waals surface area contributed by atoms with Crippen LogP contribution >= 0.6 is 0 Å². The van der Waals surface area contributed by atoms with Crippen LogP contribution in [-0.2, 0) is 0 Å². The number of hydrogen-bond donors (Lipinski definition) is 0. The fraction of sp³-hybridized carbons (Fsp3) is 0.500. The normalized spacial score (nSPS) is 33.0. The van der Waals surface area contributed by atoms with Crippen LogP contribution in [0.1, 0.15) is 19.3 Å². The van der Waals surface area contributed by atoms with E-state index in [9.17, 15) is 0 Å². The average Bonchev–Trinajstić information content (AvgIpc) is 2.15. The number of rotatable bonds is 0. The first-order valence-electron chi connectivity index (χ1n) is 3.32. The molecule has 1 unspecified atom stereocenters. The van der Waals surface area contributed by atoms with E-state index in [4.69, 9.17) is 0 Å². The Labute approximate surface area is 49.9 Å². The van der Waals surface area contributed by atoms with Gasteiger partial charge < -0.3 is 0 Å². The molecule has 2 aliphatic carbocycles. The summed E-state index contributed by atoms with van der Waals surface area (Å²) in [5.74, 6) is 0.856. The maximum Gasteiger partial charge on any atom is -0.00171 e. The largest absolute Gasteiger partial charge is 0.0844 e. The molecule has 0 saturated carbocycles. The van der Waals surface area contributed by atoms with Crippen molar-refractivity contribution in [2.75, 3.05) is 0 Å². The molecule has 0 heteroatoms. The minimum atomic E-state index is 0.856. The van der Waals surface area contributed by atoms with Crippen LogP contribution in [0.2, 0.25) is 0 Å². The fourth-order valence-corrected chi connectivity index (χ4v) is 1.61. The molecule has 2 aliphatic rings. The van der Waals surface area contributed by atoms with Crippen LogP contribution in [0.4, 0.5) is 0 Å². The van der Waals surface area contributed by atoms with Crippen molar-refractivity contribution in [3.05, 3.63) is 23.8 Å². The first kappa shape index (κ1) is 4.37. The Balaban J connectivity index is 2.28. The molecular weight excluding hydrogens is 96.1 g/mol. The molecule has 0 N–H and O–H groups in total. The summed E-state index contributed by atoms with van der Waals surface area (Å²) in [6.07, 6.45) is 11.0. The predicted octanol–water partition coefficient (Wildman–Crippen LogP) is 2.28. The SMILES string of the molecule is C1=CC2CCC=C2C1. The van der Waals surface area contributed by atoms with Crippen LogP contribution in [0.5, 0.6) is 0 Å². The van der Waals surface area contributed by atoms with Gasteiger partial charge >= 0.3 is 0 Å². The molecule has 0 aromatic rings. The summed E-state index contributed by atoms with van der Waals surface area (Å²) in [7, 11) is 0. The fourth-order valence-electron chi connectivity index (χ4n) is 1.61. The van der Waals surface area contributed by atoms with Crippen molar-refractivity contribution in [2.24, 2.45) is 5.92 Å². The van der Waals surface area contributed by atoms with Gasteiger partial charge in [-0.05, 0) is 25.2 Å². The van der Waals surface area contributed by atoms with E-state index in [1.165, 1.54) is 19.3 Å². The van der Waals surface area contributed by atoms with Crippen molar-refractivity contribution in [1.82, 2.24) is 0 Å². The minimum Gasteiger partial charge on any atom is -0.0844 e. The van der Waals surface area contributed by atoms with Gasteiger partial charge in [-0.15, -0.1) is 0 Å². The molecule has 1 atom stereocenters. The second-order valence-corrected chi connectivity index (χ2v) is 2.60. The summed E-state index contributed by atoms with van der Waals surface area (Å²) in [4.78, 5) is 0. The number of hydrogen-bond acceptors (Lipinski definition) is 0. The Bertz CT molecular complexity index is 151. The molecule has 0 saturated heterocycles. The van der Waals surface area contributed by atoms with E-state index >= 15 is 0 Å². The van der Waals surface area contributed by atoms with E-state index in [1.54, 1.807) is 5.57 Å². The highest BCUT2D eigenvalue weighted by atomic mass is 14.2. The molecule has 8 heavy (non-hydrogen) atoms. The molecule has 0 nitrogen and oxygen atoms in total. The Morgan fingerprint density at radius 1 is 1.50 bits per heavy atom. The Hall–Kier alpha value is -0.520. The lowest BCUT2D eigenvalue weighted by Gasteiger charge is -1.97. The van der Waals surface area contributed by atoms with Gasteiger partial charge in [-0.25, -0.2) is 0 Å². The molecular formula is C8H10. The van der Waals surface area contributed by atoms with E-state index in [0.29, 0.717) is 0 Å². The molecule has 0 fully saturated rings. The van der Waals surface area contributed by atoms with E-state index in [2.05, 4.69) is 18.2 Å². The maximum absolute atomic E-state index is 2.39. The van der Waals surface area contributed by atoms with Crippen molar-refractivity contribution in [2.45, 2.75) is 19.3 Å². The Morgan fingerprint density at radius 3 is 3.38 bits per heavy atom. The number of allylic oxidation sites excluding steroid dienone is 4. The highest BCUT2D eigenvalue weighted by Crippen LogP contribution is 2.33. The third kappa shape index (κ3) is 0.459. The van der Waals surface area contributed by atoms with Crippen LogP contribution in [-0.4, -0.2) is 0 Å². The summed E-state index contributed by atoms with van der Waals surface area (Å²) < 4.78 is 0. The van der Waals surface area contributed by atoms with Crippen molar-refractivity contribution in [3.8, 4) is 0 Å². The maximum atomic E-state index is 2.39. The van der Waals surface area contributed by atoms with E-state index in [1.807, 2.05) is 0 Å². The molecule has 0 aliphatic heterocycles. The van der Waals surface area contributed by atoms with Crippen LogP contribution in [0.15, 0.2) is 23.8 Å².